The molecule has 2 heterocycles. The van der Waals surface area contributed by atoms with Gasteiger partial charge in [0.05, 0.1) is 6.04 Å². The SMILES string of the molecule is CCNC(=NCC1(CCOCC)CC1)N1CCN(C(C)C(=O)N2CCCC2)CC1.I. The van der Waals surface area contributed by atoms with Gasteiger partial charge in [-0.2, -0.15) is 0 Å². The zero-order valence-corrected chi connectivity index (χ0v) is 21.5. The van der Waals surface area contributed by atoms with Crippen LogP contribution in [0, 0.1) is 5.41 Å². The molecule has 0 aromatic rings. The van der Waals surface area contributed by atoms with Crippen LogP contribution in [0.25, 0.3) is 0 Å². The van der Waals surface area contributed by atoms with Gasteiger partial charge in [-0.25, -0.2) is 0 Å². The molecule has 174 valence electrons. The molecule has 0 aromatic carbocycles. The molecule has 1 aliphatic carbocycles. The zero-order valence-electron chi connectivity index (χ0n) is 19.2. The van der Waals surface area contributed by atoms with Gasteiger partial charge in [0, 0.05) is 65.6 Å². The van der Waals surface area contributed by atoms with Crippen LogP contribution in [0.5, 0.6) is 0 Å². The van der Waals surface area contributed by atoms with Gasteiger partial charge in [-0.15, -0.1) is 24.0 Å². The molecule has 0 radical (unpaired) electrons. The molecular formula is C22H42IN5O2. The van der Waals surface area contributed by atoms with Crippen LogP contribution in [0.2, 0.25) is 0 Å². The van der Waals surface area contributed by atoms with Gasteiger partial charge >= 0.3 is 0 Å². The van der Waals surface area contributed by atoms with Crippen LogP contribution < -0.4 is 5.32 Å². The van der Waals surface area contributed by atoms with Crippen LogP contribution in [-0.2, 0) is 9.53 Å². The summed E-state index contributed by atoms with van der Waals surface area (Å²) in [5.74, 6) is 1.34. The molecule has 1 amide bonds. The molecule has 30 heavy (non-hydrogen) atoms. The summed E-state index contributed by atoms with van der Waals surface area (Å²) in [5.41, 5.74) is 0.369. The third-order valence-electron chi connectivity index (χ3n) is 6.77. The highest BCUT2D eigenvalue weighted by Gasteiger charge is 2.42. The molecule has 3 fully saturated rings. The Morgan fingerprint density at radius 3 is 2.30 bits per heavy atom. The van der Waals surface area contributed by atoms with Gasteiger partial charge < -0.3 is 19.9 Å². The smallest absolute Gasteiger partial charge is 0.239 e. The van der Waals surface area contributed by atoms with E-state index in [-0.39, 0.29) is 30.0 Å². The molecular weight excluding hydrogens is 493 g/mol. The first-order valence-electron chi connectivity index (χ1n) is 11.7. The Morgan fingerprint density at radius 2 is 1.73 bits per heavy atom. The maximum absolute atomic E-state index is 12.7. The van der Waals surface area contributed by atoms with E-state index in [4.69, 9.17) is 9.73 Å². The zero-order chi connectivity index (χ0) is 20.7. The van der Waals surface area contributed by atoms with Crippen LogP contribution in [0.15, 0.2) is 4.99 Å². The summed E-state index contributed by atoms with van der Waals surface area (Å²) in [6, 6.07) is -0.0110. The van der Waals surface area contributed by atoms with Crippen molar-refractivity contribution < 1.29 is 9.53 Å². The monoisotopic (exact) mass is 535 g/mol. The van der Waals surface area contributed by atoms with Crippen molar-refractivity contribution in [2.75, 3.05) is 65.6 Å². The highest BCUT2D eigenvalue weighted by atomic mass is 127. The molecule has 1 unspecified atom stereocenters. The van der Waals surface area contributed by atoms with Crippen molar-refractivity contribution in [1.29, 1.82) is 0 Å². The van der Waals surface area contributed by atoms with Crippen LogP contribution in [0.4, 0.5) is 0 Å². The normalized spacial score (nSPS) is 22.6. The van der Waals surface area contributed by atoms with Crippen molar-refractivity contribution in [1.82, 2.24) is 20.0 Å². The lowest BCUT2D eigenvalue weighted by Gasteiger charge is -2.39. The van der Waals surface area contributed by atoms with Gasteiger partial charge in [-0.3, -0.25) is 14.7 Å². The van der Waals surface area contributed by atoms with E-state index in [1.807, 2.05) is 4.90 Å². The summed E-state index contributed by atoms with van der Waals surface area (Å²) in [4.78, 5) is 24.5. The van der Waals surface area contributed by atoms with Gasteiger partial charge in [-0.05, 0) is 58.3 Å². The molecule has 1 N–H and O–H groups in total. The van der Waals surface area contributed by atoms with Crippen molar-refractivity contribution in [3.63, 3.8) is 0 Å². The van der Waals surface area contributed by atoms with E-state index in [9.17, 15) is 4.79 Å². The van der Waals surface area contributed by atoms with E-state index in [2.05, 4.69) is 35.9 Å². The molecule has 2 saturated heterocycles. The second-order valence-electron chi connectivity index (χ2n) is 8.85. The lowest BCUT2D eigenvalue weighted by atomic mass is 10.0. The molecule has 8 heteroatoms. The van der Waals surface area contributed by atoms with Crippen molar-refractivity contribution >= 4 is 35.8 Å². The van der Waals surface area contributed by atoms with Crippen molar-refractivity contribution in [3.05, 3.63) is 0 Å². The highest BCUT2D eigenvalue weighted by Crippen LogP contribution is 2.49. The van der Waals surface area contributed by atoms with E-state index in [0.717, 1.165) is 90.8 Å². The third kappa shape index (κ3) is 6.95. The molecule has 3 rings (SSSR count). The molecule has 3 aliphatic rings. The minimum Gasteiger partial charge on any atom is -0.382 e. The largest absolute Gasteiger partial charge is 0.382 e. The van der Waals surface area contributed by atoms with Crippen molar-refractivity contribution in [2.24, 2.45) is 10.4 Å². The lowest BCUT2D eigenvalue weighted by molar-refractivity contribution is -0.135. The Kier molecular flexibility index (Phi) is 10.6. The van der Waals surface area contributed by atoms with Gasteiger partial charge in [0.15, 0.2) is 5.96 Å². The van der Waals surface area contributed by atoms with Crippen LogP contribution in [-0.4, -0.2) is 98.2 Å². The molecule has 2 aliphatic heterocycles. The fourth-order valence-corrected chi connectivity index (χ4v) is 4.44. The van der Waals surface area contributed by atoms with Gasteiger partial charge in [-0.1, -0.05) is 0 Å². The summed E-state index contributed by atoms with van der Waals surface area (Å²) < 4.78 is 5.56. The number of hydrogen-bond donors (Lipinski definition) is 1. The average Bonchev–Trinajstić information content (AvgIpc) is 3.29. The average molecular weight is 536 g/mol. The highest BCUT2D eigenvalue weighted by molar-refractivity contribution is 14.0. The molecule has 7 nitrogen and oxygen atoms in total. The maximum Gasteiger partial charge on any atom is 0.239 e. The Hall–Kier alpha value is -0.610. The number of piperazine rings is 1. The number of rotatable bonds is 9. The summed E-state index contributed by atoms with van der Waals surface area (Å²) in [6.07, 6.45) is 5.97. The minimum absolute atomic E-state index is 0. The standard InChI is InChI=1S/C22H41N5O2.HI/c1-4-23-21(24-18-22(8-9-22)10-17-29-5-2)27-15-13-25(14-16-27)19(3)20(28)26-11-6-7-12-26;/h19H,4-18H2,1-3H3,(H,23,24);1H. The number of halogens is 1. The number of likely N-dealkylation sites (tertiary alicyclic amines) is 1. The predicted octanol–water partition coefficient (Wildman–Crippen LogP) is 2.41. The Balaban J connectivity index is 0.00000320. The number of guanidine groups is 1. The minimum atomic E-state index is -0.0110. The quantitative estimate of drug-likeness (QED) is 0.213. The number of carbonyl (C=O) groups excluding carboxylic acids is 1. The van der Waals surface area contributed by atoms with Crippen molar-refractivity contribution in [3.8, 4) is 0 Å². The van der Waals surface area contributed by atoms with E-state index >= 15 is 0 Å². The van der Waals surface area contributed by atoms with Gasteiger partial charge in [0.1, 0.15) is 0 Å². The van der Waals surface area contributed by atoms with Crippen LogP contribution in [0.3, 0.4) is 0 Å². The summed E-state index contributed by atoms with van der Waals surface area (Å²) in [6.45, 7) is 15.2. The van der Waals surface area contributed by atoms with E-state index in [1.54, 1.807) is 0 Å². The fraction of sp³-hybridized carbons (Fsp3) is 0.909. The topological polar surface area (TPSA) is 60.4 Å². The molecule has 0 spiro atoms. The first-order chi connectivity index (χ1) is 14.1. The van der Waals surface area contributed by atoms with Crippen LogP contribution in [0.1, 0.15) is 52.9 Å². The molecule has 0 bridgehead atoms. The maximum atomic E-state index is 12.7. The van der Waals surface area contributed by atoms with E-state index in [1.165, 1.54) is 12.8 Å². The van der Waals surface area contributed by atoms with Crippen molar-refractivity contribution in [2.45, 2.75) is 58.9 Å². The lowest BCUT2D eigenvalue weighted by Crippen LogP contribution is -2.57. The predicted molar refractivity (Wildman–Crippen MR) is 133 cm³/mol. The first-order valence-corrected chi connectivity index (χ1v) is 11.7. The number of hydrogen-bond acceptors (Lipinski definition) is 4. The Labute approximate surface area is 200 Å². The number of aliphatic imine (C=N–C) groups is 1. The second-order valence-corrected chi connectivity index (χ2v) is 8.85. The first kappa shape index (κ1) is 25.6. The Morgan fingerprint density at radius 1 is 1.07 bits per heavy atom. The fourth-order valence-electron chi connectivity index (χ4n) is 4.44. The van der Waals surface area contributed by atoms with E-state index < -0.39 is 0 Å². The second kappa shape index (κ2) is 12.4. The third-order valence-corrected chi connectivity index (χ3v) is 6.77. The summed E-state index contributed by atoms with van der Waals surface area (Å²) >= 11 is 0. The summed E-state index contributed by atoms with van der Waals surface area (Å²) in [5, 5.41) is 3.48. The molecule has 0 aromatic heterocycles. The summed E-state index contributed by atoms with van der Waals surface area (Å²) in [7, 11) is 0. The molecule has 1 saturated carbocycles. The number of ether oxygens (including phenoxy) is 1. The Bertz CT molecular complexity index is 556. The van der Waals surface area contributed by atoms with E-state index in [0.29, 0.717) is 11.3 Å². The van der Waals surface area contributed by atoms with Gasteiger partial charge in [0.25, 0.3) is 0 Å². The van der Waals surface area contributed by atoms with Gasteiger partial charge in [0.2, 0.25) is 5.91 Å². The number of carbonyl (C=O) groups is 1. The number of nitrogens with one attached hydrogen (secondary N) is 1. The number of nitrogens with zero attached hydrogens (tertiary/aromatic N) is 4. The number of amides is 1. The van der Waals surface area contributed by atoms with Crippen LogP contribution >= 0.6 is 24.0 Å². The molecule has 1 atom stereocenters.